The zero-order valence-corrected chi connectivity index (χ0v) is 13.7. The van der Waals surface area contributed by atoms with Crippen molar-refractivity contribution in [1.82, 2.24) is 10.2 Å². The Balaban J connectivity index is 0.00000180. The van der Waals surface area contributed by atoms with Gasteiger partial charge in [0.15, 0.2) is 0 Å². The SMILES string of the molecule is CCN1CCOC(C(=O)NC2(CN)CCCC2)C1.Cl.Cl. The van der Waals surface area contributed by atoms with Crippen LogP contribution in [0.1, 0.15) is 32.6 Å². The standard InChI is InChI=1S/C13H25N3O2.2ClH/c1-2-16-7-8-18-11(9-16)12(17)15-13(10-14)5-3-4-6-13;;/h11H,2-10,14H2,1H3,(H,15,17);2*1H. The largest absolute Gasteiger partial charge is 0.366 e. The lowest BCUT2D eigenvalue weighted by atomic mass is 9.97. The molecule has 120 valence electrons. The van der Waals surface area contributed by atoms with E-state index in [0.29, 0.717) is 19.7 Å². The maximum atomic E-state index is 12.3. The predicted octanol–water partition coefficient (Wildman–Crippen LogP) is 0.938. The van der Waals surface area contributed by atoms with E-state index in [1.807, 2.05) is 0 Å². The summed E-state index contributed by atoms with van der Waals surface area (Å²) >= 11 is 0. The van der Waals surface area contributed by atoms with E-state index in [1.165, 1.54) is 0 Å². The van der Waals surface area contributed by atoms with Crippen LogP contribution in [0.4, 0.5) is 0 Å². The average molecular weight is 328 g/mol. The van der Waals surface area contributed by atoms with Crippen LogP contribution in [-0.4, -0.2) is 55.2 Å². The molecule has 0 spiro atoms. The summed E-state index contributed by atoms with van der Waals surface area (Å²) in [5.41, 5.74) is 5.66. The minimum absolute atomic E-state index is 0. The number of amides is 1. The summed E-state index contributed by atoms with van der Waals surface area (Å²) < 4.78 is 5.58. The molecule has 1 saturated carbocycles. The van der Waals surface area contributed by atoms with Crippen molar-refractivity contribution in [3.63, 3.8) is 0 Å². The summed E-state index contributed by atoms with van der Waals surface area (Å²) in [6.45, 7) is 5.86. The van der Waals surface area contributed by atoms with Gasteiger partial charge in [-0.05, 0) is 19.4 Å². The number of hydrogen-bond donors (Lipinski definition) is 2. The first-order chi connectivity index (χ1) is 8.69. The maximum absolute atomic E-state index is 12.3. The fourth-order valence-electron chi connectivity index (χ4n) is 2.92. The lowest BCUT2D eigenvalue weighted by molar-refractivity contribution is -0.140. The topological polar surface area (TPSA) is 67.6 Å². The van der Waals surface area contributed by atoms with Crippen LogP contribution >= 0.6 is 24.8 Å². The van der Waals surface area contributed by atoms with Gasteiger partial charge in [-0.2, -0.15) is 0 Å². The van der Waals surface area contributed by atoms with E-state index in [-0.39, 0.29) is 42.4 Å². The quantitative estimate of drug-likeness (QED) is 0.806. The number of rotatable bonds is 4. The number of carbonyl (C=O) groups is 1. The molecule has 0 aromatic heterocycles. The number of morpholine rings is 1. The summed E-state index contributed by atoms with van der Waals surface area (Å²) in [5, 5.41) is 3.14. The van der Waals surface area contributed by atoms with E-state index >= 15 is 0 Å². The molecule has 1 saturated heterocycles. The normalized spacial score (nSPS) is 25.4. The number of ether oxygens (including phenoxy) is 1. The summed E-state index contributed by atoms with van der Waals surface area (Å²) in [7, 11) is 0. The summed E-state index contributed by atoms with van der Waals surface area (Å²) in [4.78, 5) is 14.5. The molecule has 20 heavy (non-hydrogen) atoms. The lowest BCUT2D eigenvalue weighted by Gasteiger charge is -2.35. The molecule has 0 bridgehead atoms. The van der Waals surface area contributed by atoms with Gasteiger partial charge in [0.25, 0.3) is 5.91 Å². The third kappa shape index (κ3) is 4.74. The molecule has 2 aliphatic rings. The van der Waals surface area contributed by atoms with Crippen LogP contribution in [0.3, 0.4) is 0 Å². The molecule has 1 unspecified atom stereocenters. The first-order valence-electron chi connectivity index (χ1n) is 7.05. The first kappa shape index (κ1) is 19.9. The third-order valence-electron chi connectivity index (χ3n) is 4.23. The van der Waals surface area contributed by atoms with E-state index in [4.69, 9.17) is 10.5 Å². The van der Waals surface area contributed by atoms with Crippen molar-refractivity contribution in [3.05, 3.63) is 0 Å². The molecule has 0 aromatic carbocycles. The highest BCUT2D eigenvalue weighted by molar-refractivity contribution is 5.85. The second-order valence-electron chi connectivity index (χ2n) is 5.43. The molecule has 1 amide bonds. The van der Waals surface area contributed by atoms with E-state index in [1.54, 1.807) is 0 Å². The van der Waals surface area contributed by atoms with Crippen molar-refractivity contribution in [2.24, 2.45) is 5.73 Å². The highest BCUT2D eigenvalue weighted by Crippen LogP contribution is 2.28. The fourth-order valence-corrected chi connectivity index (χ4v) is 2.92. The molecule has 0 aromatic rings. The van der Waals surface area contributed by atoms with Crippen molar-refractivity contribution in [1.29, 1.82) is 0 Å². The number of nitrogens with two attached hydrogens (primary N) is 1. The molecule has 1 atom stereocenters. The van der Waals surface area contributed by atoms with Gasteiger partial charge in [-0.25, -0.2) is 0 Å². The number of hydrogen-bond acceptors (Lipinski definition) is 4. The van der Waals surface area contributed by atoms with Crippen molar-refractivity contribution < 1.29 is 9.53 Å². The van der Waals surface area contributed by atoms with Crippen LogP contribution in [-0.2, 0) is 9.53 Å². The van der Waals surface area contributed by atoms with Gasteiger partial charge in [-0.3, -0.25) is 9.69 Å². The number of likely N-dealkylation sites (N-methyl/N-ethyl adjacent to an activating group) is 1. The number of nitrogens with zero attached hydrogens (tertiary/aromatic N) is 1. The van der Waals surface area contributed by atoms with Crippen LogP contribution in [0.5, 0.6) is 0 Å². The van der Waals surface area contributed by atoms with Gasteiger partial charge in [0, 0.05) is 19.6 Å². The van der Waals surface area contributed by atoms with E-state index in [0.717, 1.165) is 38.8 Å². The Hall–Kier alpha value is -0.0700. The summed E-state index contributed by atoms with van der Waals surface area (Å²) in [6, 6.07) is 0. The Kier molecular flexibility index (Phi) is 9.02. The number of halogens is 2. The monoisotopic (exact) mass is 327 g/mol. The molecule has 2 rings (SSSR count). The van der Waals surface area contributed by atoms with Crippen molar-refractivity contribution in [3.8, 4) is 0 Å². The Morgan fingerprint density at radius 1 is 1.40 bits per heavy atom. The summed E-state index contributed by atoms with van der Waals surface area (Å²) in [5.74, 6) is 0.0144. The minimum Gasteiger partial charge on any atom is -0.366 e. The van der Waals surface area contributed by atoms with E-state index < -0.39 is 0 Å². The van der Waals surface area contributed by atoms with Crippen LogP contribution in [0.2, 0.25) is 0 Å². The molecule has 7 heteroatoms. The van der Waals surface area contributed by atoms with Crippen LogP contribution in [0, 0.1) is 0 Å². The molecule has 1 aliphatic heterocycles. The third-order valence-corrected chi connectivity index (χ3v) is 4.23. The molecule has 1 heterocycles. The van der Waals surface area contributed by atoms with Gasteiger partial charge in [0.1, 0.15) is 6.10 Å². The maximum Gasteiger partial charge on any atom is 0.250 e. The van der Waals surface area contributed by atoms with E-state index in [2.05, 4.69) is 17.1 Å². The Bertz CT molecular complexity index is 299. The summed E-state index contributed by atoms with van der Waals surface area (Å²) in [6.07, 6.45) is 3.98. The number of carbonyl (C=O) groups excluding carboxylic acids is 1. The molecule has 0 radical (unpaired) electrons. The Morgan fingerprint density at radius 2 is 2.05 bits per heavy atom. The van der Waals surface area contributed by atoms with Crippen LogP contribution < -0.4 is 11.1 Å². The highest BCUT2D eigenvalue weighted by Gasteiger charge is 2.36. The Labute approximate surface area is 133 Å². The van der Waals surface area contributed by atoms with Crippen LogP contribution in [0.25, 0.3) is 0 Å². The zero-order valence-electron chi connectivity index (χ0n) is 12.1. The highest BCUT2D eigenvalue weighted by atomic mass is 35.5. The van der Waals surface area contributed by atoms with Crippen LogP contribution in [0.15, 0.2) is 0 Å². The second-order valence-corrected chi connectivity index (χ2v) is 5.43. The average Bonchev–Trinajstić information content (AvgIpc) is 2.88. The van der Waals surface area contributed by atoms with Gasteiger partial charge in [-0.1, -0.05) is 19.8 Å². The van der Waals surface area contributed by atoms with Gasteiger partial charge >= 0.3 is 0 Å². The van der Waals surface area contributed by atoms with Crippen molar-refractivity contribution in [2.45, 2.75) is 44.2 Å². The smallest absolute Gasteiger partial charge is 0.250 e. The zero-order chi connectivity index (χ0) is 13.0. The van der Waals surface area contributed by atoms with E-state index in [9.17, 15) is 4.79 Å². The van der Waals surface area contributed by atoms with Crippen molar-refractivity contribution in [2.75, 3.05) is 32.8 Å². The van der Waals surface area contributed by atoms with Gasteiger partial charge < -0.3 is 15.8 Å². The van der Waals surface area contributed by atoms with Gasteiger partial charge in [0.2, 0.25) is 0 Å². The minimum atomic E-state index is -0.331. The Morgan fingerprint density at radius 3 is 2.60 bits per heavy atom. The molecule has 1 aliphatic carbocycles. The fraction of sp³-hybridized carbons (Fsp3) is 0.923. The second kappa shape index (κ2) is 9.05. The lowest BCUT2D eigenvalue weighted by Crippen LogP contribution is -2.58. The molecule has 5 nitrogen and oxygen atoms in total. The van der Waals surface area contributed by atoms with Crippen molar-refractivity contribution >= 4 is 30.7 Å². The predicted molar refractivity (Wildman–Crippen MR) is 84.7 cm³/mol. The molecular formula is C13H27Cl2N3O2. The molecular weight excluding hydrogens is 301 g/mol. The first-order valence-corrected chi connectivity index (χ1v) is 7.05. The van der Waals surface area contributed by atoms with Gasteiger partial charge in [-0.15, -0.1) is 24.8 Å². The molecule has 3 N–H and O–H groups in total. The van der Waals surface area contributed by atoms with Gasteiger partial charge in [0.05, 0.1) is 12.1 Å². The molecule has 2 fully saturated rings. The number of nitrogens with one attached hydrogen (secondary N) is 1.